The van der Waals surface area contributed by atoms with Gasteiger partial charge < -0.3 is 5.73 Å². The van der Waals surface area contributed by atoms with Crippen LogP contribution in [0.4, 0.5) is 5.82 Å². The van der Waals surface area contributed by atoms with Crippen molar-refractivity contribution in [2.75, 3.05) is 5.73 Å². The number of rotatable bonds is 1. The van der Waals surface area contributed by atoms with Gasteiger partial charge in [0.15, 0.2) is 5.82 Å². The highest BCUT2D eigenvalue weighted by Gasteiger charge is 2.21. The number of nitrogens with two attached hydrogens (primary N) is 1. The lowest BCUT2D eigenvalue weighted by Gasteiger charge is -2.07. The highest BCUT2D eigenvalue weighted by Crippen LogP contribution is 2.29. The molecule has 1 aliphatic rings. The van der Waals surface area contributed by atoms with Crippen LogP contribution >= 0.6 is 0 Å². The molecule has 2 aromatic rings. The summed E-state index contributed by atoms with van der Waals surface area (Å²) in [6, 6.07) is 0. The number of hydrogen-bond donors (Lipinski definition) is 1. The highest BCUT2D eigenvalue weighted by molar-refractivity contribution is 5.64. The van der Waals surface area contributed by atoms with E-state index in [0.717, 1.165) is 53.3 Å². The van der Waals surface area contributed by atoms with Gasteiger partial charge in [-0.15, -0.1) is 0 Å². The van der Waals surface area contributed by atoms with Crippen LogP contribution in [0.25, 0.3) is 11.4 Å². The summed E-state index contributed by atoms with van der Waals surface area (Å²) >= 11 is 0. The molecule has 0 bridgehead atoms. The van der Waals surface area contributed by atoms with E-state index in [1.807, 2.05) is 25.6 Å². The molecule has 2 aromatic heterocycles. The first-order chi connectivity index (χ1) is 8.58. The number of nitrogen functional groups attached to an aromatic ring is 1. The maximum absolute atomic E-state index is 6.04. The standard InChI is InChI=1S/C13H17N5/c1-7-11(8(2)18(3)17-7)13-15-10-6-4-5-9(10)12(14)16-13/h4-6H2,1-3H3,(H2,14,15,16). The Bertz CT molecular complexity index is 627. The van der Waals surface area contributed by atoms with Gasteiger partial charge in [0, 0.05) is 24.0 Å². The van der Waals surface area contributed by atoms with E-state index in [1.165, 1.54) is 0 Å². The summed E-state index contributed by atoms with van der Waals surface area (Å²) in [6.07, 6.45) is 3.14. The van der Waals surface area contributed by atoms with E-state index in [0.29, 0.717) is 5.82 Å². The second-order valence-electron chi connectivity index (χ2n) is 4.88. The first kappa shape index (κ1) is 11.2. The minimum Gasteiger partial charge on any atom is -0.383 e. The van der Waals surface area contributed by atoms with Crippen molar-refractivity contribution in [2.24, 2.45) is 7.05 Å². The first-order valence-corrected chi connectivity index (χ1v) is 6.23. The first-order valence-electron chi connectivity index (χ1n) is 6.23. The molecule has 0 saturated heterocycles. The summed E-state index contributed by atoms with van der Waals surface area (Å²) in [4.78, 5) is 9.14. The largest absolute Gasteiger partial charge is 0.383 e. The van der Waals surface area contributed by atoms with Crippen molar-refractivity contribution in [1.82, 2.24) is 19.7 Å². The minimum atomic E-state index is 0.634. The van der Waals surface area contributed by atoms with Crippen LogP contribution < -0.4 is 5.73 Å². The van der Waals surface area contributed by atoms with Crippen LogP contribution in [-0.4, -0.2) is 19.7 Å². The molecule has 94 valence electrons. The van der Waals surface area contributed by atoms with Crippen molar-refractivity contribution in [3.63, 3.8) is 0 Å². The number of hydrogen-bond acceptors (Lipinski definition) is 4. The van der Waals surface area contributed by atoms with E-state index in [1.54, 1.807) is 0 Å². The average Bonchev–Trinajstić information content (AvgIpc) is 2.85. The Morgan fingerprint density at radius 3 is 2.61 bits per heavy atom. The van der Waals surface area contributed by atoms with Crippen LogP contribution in [0.3, 0.4) is 0 Å². The van der Waals surface area contributed by atoms with Gasteiger partial charge in [0.1, 0.15) is 5.82 Å². The van der Waals surface area contributed by atoms with E-state index in [2.05, 4.69) is 15.1 Å². The molecule has 0 unspecified atom stereocenters. The smallest absolute Gasteiger partial charge is 0.165 e. The second kappa shape index (κ2) is 3.80. The fourth-order valence-electron chi connectivity index (χ4n) is 2.67. The molecular formula is C13H17N5. The molecule has 0 fully saturated rings. The number of fused-ring (bicyclic) bond motifs is 1. The number of aromatic nitrogens is 4. The number of anilines is 1. The Morgan fingerprint density at radius 2 is 1.94 bits per heavy atom. The molecule has 5 heteroatoms. The SMILES string of the molecule is Cc1nn(C)c(C)c1-c1nc(N)c2c(n1)CCC2. The van der Waals surface area contributed by atoms with Crippen molar-refractivity contribution in [1.29, 1.82) is 0 Å². The van der Waals surface area contributed by atoms with Gasteiger partial charge in [0.25, 0.3) is 0 Å². The van der Waals surface area contributed by atoms with Crippen molar-refractivity contribution < 1.29 is 0 Å². The Kier molecular flexibility index (Phi) is 2.36. The van der Waals surface area contributed by atoms with E-state index < -0.39 is 0 Å². The molecule has 18 heavy (non-hydrogen) atoms. The van der Waals surface area contributed by atoms with Gasteiger partial charge in [-0.25, -0.2) is 9.97 Å². The monoisotopic (exact) mass is 243 g/mol. The number of nitrogens with zero attached hydrogens (tertiary/aromatic N) is 4. The molecule has 0 saturated carbocycles. The molecule has 0 radical (unpaired) electrons. The Morgan fingerprint density at radius 1 is 1.17 bits per heavy atom. The van der Waals surface area contributed by atoms with Crippen molar-refractivity contribution in [3.05, 3.63) is 22.6 Å². The van der Waals surface area contributed by atoms with Crippen LogP contribution in [0.1, 0.15) is 29.1 Å². The summed E-state index contributed by atoms with van der Waals surface area (Å²) in [5.41, 5.74) is 11.3. The maximum Gasteiger partial charge on any atom is 0.165 e. The fourth-order valence-corrected chi connectivity index (χ4v) is 2.67. The molecule has 3 rings (SSSR count). The third kappa shape index (κ3) is 1.50. The molecule has 2 N–H and O–H groups in total. The predicted molar refractivity (Wildman–Crippen MR) is 70.1 cm³/mol. The van der Waals surface area contributed by atoms with Crippen LogP contribution in [0.15, 0.2) is 0 Å². The normalized spacial score (nSPS) is 13.9. The van der Waals surface area contributed by atoms with Gasteiger partial charge in [0.2, 0.25) is 0 Å². The van der Waals surface area contributed by atoms with Gasteiger partial charge in [-0.3, -0.25) is 4.68 Å². The third-order valence-corrected chi connectivity index (χ3v) is 3.70. The van der Waals surface area contributed by atoms with E-state index >= 15 is 0 Å². The molecule has 2 heterocycles. The second-order valence-corrected chi connectivity index (χ2v) is 4.88. The Balaban J connectivity index is 2.21. The molecular weight excluding hydrogens is 226 g/mol. The highest BCUT2D eigenvalue weighted by atomic mass is 15.3. The average molecular weight is 243 g/mol. The molecule has 0 aliphatic heterocycles. The van der Waals surface area contributed by atoms with E-state index in [9.17, 15) is 0 Å². The quantitative estimate of drug-likeness (QED) is 0.825. The summed E-state index contributed by atoms with van der Waals surface area (Å²) in [6.45, 7) is 4.01. The van der Waals surface area contributed by atoms with Crippen molar-refractivity contribution in [3.8, 4) is 11.4 Å². The summed E-state index contributed by atoms with van der Waals surface area (Å²) in [7, 11) is 1.93. The lowest BCUT2D eigenvalue weighted by molar-refractivity contribution is 0.731. The zero-order chi connectivity index (χ0) is 12.9. The molecule has 0 atom stereocenters. The van der Waals surface area contributed by atoms with Gasteiger partial charge in [-0.05, 0) is 33.1 Å². The third-order valence-electron chi connectivity index (χ3n) is 3.70. The molecule has 0 aromatic carbocycles. The molecule has 5 nitrogen and oxygen atoms in total. The van der Waals surface area contributed by atoms with Gasteiger partial charge in [0.05, 0.1) is 11.3 Å². The van der Waals surface area contributed by atoms with Crippen LogP contribution in [0.5, 0.6) is 0 Å². The van der Waals surface area contributed by atoms with Crippen LogP contribution in [0, 0.1) is 13.8 Å². The summed E-state index contributed by atoms with van der Waals surface area (Å²) in [5.74, 6) is 1.35. The molecule has 1 aliphatic carbocycles. The lowest BCUT2D eigenvalue weighted by Crippen LogP contribution is -2.03. The minimum absolute atomic E-state index is 0.634. The Hall–Kier alpha value is -1.91. The van der Waals surface area contributed by atoms with Crippen molar-refractivity contribution in [2.45, 2.75) is 33.1 Å². The lowest BCUT2D eigenvalue weighted by atomic mass is 10.1. The van der Waals surface area contributed by atoms with Crippen molar-refractivity contribution >= 4 is 5.82 Å². The Labute approximate surface area is 106 Å². The van der Waals surface area contributed by atoms with E-state index in [4.69, 9.17) is 5.73 Å². The van der Waals surface area contributed by atoms with Gasteiger partial charge in [-0.2, -0.15) is 5.10 Å². The molecule has 0 amide bonds. The number of aryl methyl sites for hydroxylation is 3. The maximum atomic E-state index is 6.04. The van der Waals surface area contributed by atoms with E-state index in [-0.39, 0.29) is 0 Å². The summed E-state index contributed by atoms with van der Waals surface area (Å²) < 4.78 is 1.86. The topological polar surface area (TPSA) is 69.6 Å². The fraction of sp³-hybridized carbons (Fsp3) is 0.462. The zero-order valence-electron chi connectivity index (χ0n) is 11.0. The van der Waals surface area contributed by atoms with Gasteiger partial charge in [-0.1, -0.05) is 0 Å². The zero-order valence-corrected chi connectivity index (χ0v) is 11.0. The van der Waals surface area contributed by atoms with Crippen LogP contribution in [-0.2, 0) is 19.9 Å². The van der Waals surface area contributed by atoms with Gasteiger partial charge >= 0.3 is 0 Å². The molecule has 0 spiro atoms. The van der Waals surface area contributed by atoms with Crippen LogP contribution in [0.2, 0.25) is 0 Å². The predicted octanol–water partition coefficient (Wildman–Crippen LogP) is 1.56. The summed E-state index contributed by atoms with van der Waals surface area (Å²) in [5, 5.41) is 4.41.